The standard InChI is InChI=1S/C19H32O16/c1-30-17-15(33-16-12(27)11(26)8(4-21)31-16)14(9(5-22)32-17)35-19(18(28)29)2-6(23)10(25)13(34-19)7(24)3-20/h6-17,20-27H,2-5H2,1H3,(H,28,29)/p-1. The predicted octanol–water partition coefficient (Wildman–Crippen LogP) is -7.13. The summed E-state index contributed by atoms with van der Waals surface area (Å²) in [5.41, 5.74) is 0. The molecule has 0 spiro atoms. The fourth-order valence-electron chi connectivity index (χ4n) is 4.29. The van der Waals surface area contributed by atoms with E-state index < -0.39 is 112 Å². The molecule has 0 radical (unpaired) electrons. The molecule has 13 unspecified atom stereocenters. The molecule has 0 bridgehead atoms. The molecule has 3 heterocycles. The Bertz CT molecular complexity index is 710. The highest BCUT2D eigenvalue weighted by Crippen LogP contribution is 2.38. The summed E-state index contributed by atoms with van der Waals surface area (Å²) in [4.78, 5) is 12.1. The minimum absolute atomic E-state index is 0.650. The lowest BCUT2D eigenvalue weighted by Crippen LogP contribution is -2.67. The summed E-state index contributed by atoms with van der Waals surface area (Å²) in [5.74, 6) is -4.85. The summed E-state index contributed by atoms with van der Waals surface area (Å²) in [6, 6.07) is 0. The molecule has 3 fully saturated rings. The SMILES string of the molecule is COC1OC(CO)C(OC2(C(=O)[O-])CC(O)C(O)C(C(O)CO)O2)C1OC1OC(CO)C(O)C1O. The van der Waals surface area contributed by atoms with Crippen molar-refractivity contribution >= 4 is 5.97 Å². The van der Waals surface area contributed by atoms with Crippen molar-refractivity contribution in [3.63, 3.8) is 0 Å². The highest BCUT2D eigenvalue weighted by atomic mass is 16.8. The minimum Gasteiger partial charge on any atom is -0.544 e. The molecule has 0 aromatic heterocycles. The zero-order valence-electron chi connectivity index (χ0n) is 18.6. The van der Waals surface area contributed by atoms with Crippen LogP contribution in [0.3, 0.4) is 0 Å². The van der Waals surface area contributed by atoms with Gasteiger partial charge in [-0.05, 0) is 0 Å². The Morgan fingerprint density at radius 2 is 1.63 bits per heavy atom. The van der Waals surface area contributed by atoms with Gasteiger partial charge in [0.1, 0.15) is 60.9 Å². The Kier molecular flexibility index (Phi) is 9.38. The van der Waals surface area contributed by atoms with Gasteiger partial charge >= 0.3 is 0 Å². The van der Waals surface area contributed by atoms with Crippen molar-refractivity contribution in [3.8, 4) is 0 Å². The summed E-state index contributed by atoms with van der Waals surface area (Å²) in [5, 5.41) is 91.0. The number of hydrogen-bond donors (Lipinski definition) is 8. The molecule has 0 amide bonds. The van der Waals surface area contributed by atoms with Crippen molar-refractivity contribution in [2.45, 2.75) is 85.8 Å². The number of aliphatic hydroxyl groups is 8. The van der Waals surface area contributed by atoms with Crippen LogP contribution in [-0.2, 0) is 33.2 Å². The number of hydrogen-bond acceptors (Lipinski definition) is 16. The van der Waals surface area contributed by atoms with Crippen LogP contribution in [0.2, 0.25) is 0 Å². The largest absolute Gasteiger partial charge is 0.544 e. The number of carboxylic acid groups (broad SMARTS) is 1. The highest BCUT2D eigenvalue weighted by Gasteiger charge is 2.57. The second-order valence-electron chi connectivity index (χ2n) is 8.49. The first-order chi connectivity index (χ1) is 16.5. The molecule has 0 aromatic carbocycles. The first kappa shape index (κ1) is 28.5. The van der Waals surface area contributed by atoms with Crippen molar-refractivity contribution in [1.29, 1.82) is 0 Å². The Morgan fingerprint density at radius 1 is 1.00 bits per heavy atom. The van der Waals surface area contributed by atoms with Crippen molar-refractivity contribution in [2.24, 2.45) is 0 Å². The van der Waals surface area contributed by atoms with Gasteiger partial charge in [0.05, 0.1) is 25.9 Å². The number of aliphatic carboxylic acids is 1. The number of rotatable bonds is 10. The summed E-state index contributed by atoms with van der Waals surface area (Å²) < 4.78 is 32.5. The van der Waals surface area contributed by atoms with Crippen LogP contribution < -0.4 is 5.11 Å². The normalized spacial score (nSPS) is 47.2. The molecular formula is C19H31O16-. The van der Waals surface area contributed by atoms with E-state index in [1.54, 1.807) is 0 Å². The minimum atomic E-state index is -2.83. The maximum Gasteiger partial charge on any atom is 0.213 e. The van der Waals surface area contributed by atoms with E-state index in [1.807, 2.05) is 0 Å². The molecule has 3 aliphatic heterocycles. The number of carbonyl (C=O) groups is 1. The smallest absolute Gasteiger partial charge is 0.213 e. The second-order valence-corrected chi connectivity index (χ2v) is 8.49. The average Bonchev–Trinajstić information content (AvgIpc) is 3.31. The lowest BCUT2D eigenvalue weighted by atomic mass is 9.92. The van der Waals surface area contributed by atoms with Crippen molar-refractivity contribution in [2.75, 3.05) is 26.9 Å². The van der Waals surface area contributed by atoms with Gasteiger partial charge in [-0.15, -0.1) is 0 Å². The predicted molar refractivity (Wildman–Crippen MR) is 103 cm³/mol. The number of carbonyl (C=O) groups excluding carboxylic acids is 1. The molecule has 3 aliphatic rings. The third-order valence-electron chi connectivity index (χ3n) is 6.21. The van der Waals surface area contributed by atoms with E-state index >= 15 is 0 Å². The maximum atomic E-state index is 12.1. The fraction of sp³-hybridized carbons (Fsp3) is 0.947. The lowest BCUT2D eigenvalue weighted by molar-refractivity contribution is -0.397. The molecule has 0 saturated carbocycles. The number of aliphatic hydroxyl groups excluding tert-OH is 8. The summed E-state index contributed by atoms with van der Waals surface area (Å²) in [6.45, 7) is -2.36. The van der Waals surface area contributed by atoms with Gasteiger partial charge < -0.3 is 79.2 Å². The van der Waals surface area contributed by atoms with Crippen LogP contribution in [-0.4, -0.2) is 153 Å². The van der Waals surface area contributed by atoms with Gasteiger partial charge in [-0.3, -0.25) is 0 Å². The van der Waals surface area contributed by atoms with Gasteiger partial charge in [-0.25, -0.2) is 0 Å². The van der Waals surface area contributed by atoms with E-state index in [9.17, 15) is 50.8 Å². The molecule has 0 aliphatic carbocycles. The molecule has 3 saturated heterocycles. The third-order valence-corrected chi connectivity index (χ3v) is 6.21. The Labute approximate surface area is 198 Å². The van der Waals surface area contributed by atoms with E-state index in [4.69, 9.17) is 28.4 Å². The van der Waals surface area contributed by atoms with Crippen LogP contribution in [0.1, 0.15) is 6.42 Å². The van der Waals surface area contributed by atoms with E-state index in [2.05, 4.69) is 0 Å². The molecular weight excluding hydrogens is 484 g/mol. The van der Waals surface area contributed by atoms with Crippen LogP contribution in [0.4, 0.5) is 0 Å². The van der Waals surface area contributed by atoms with Gasteiger partial charge in [0.15, 0.2) is 12.6 Å². The van der Waals surface area contributed by atoms with Crippen LogP contribution >= 0.6 is 0 Å². The van der Waals surface area contributed by atoms with Crippen LogP contribution in [0, 0.1) is 0 Å². The quantitative estimate of drug-likeness (QED) is 0.134. The molecule has 16 heteroatoms. The van der Waals surface area contributed by atoms with Gasteiger partial charge in [0.25, 0.3) is 0 Å². The topological polar surface area (TPSA) is 257 Å². The third kappa shape index (κ3) is 5.46. The molecule has 16 nitrogen and oxygen atoms in total. The molecule has 8 N–H and O–H groups in total. The first-order valence-corrected chi connectivity index (χ1v) is 10.8. The summed E-state index contributed by atoms with van der Waals surface area (Å²) in [6.07, 6.45) is -19.7. The lowest BCUT2D eigenvalue weighted by Gasteiger charge is -2.48. The van der Waals surface area contributed by atoms with Crippen molar-refractivity contribution in [3.05, 3.63) is 0 Å². The highest BCUT2D eigenvalue weighted by molar-refractivity contribution is 5.74. The molecule has 204 valence electrons. The van der Waals surface area contributed by atoms with E-state index in [1.165, 1.54) is 7.11 Å². The Morgan fingerprint density at radius 3 is 2.14 bits per heavy atom. The molecule has 3 rings (SSSR count). The zero-order chi connectivity index (χ0) is 26.1. The Hall–Kier alpha value is -1.09. The van der Waals surface area contributed by atoms with Crippen LogP contribution in [0.15, 0.2) is 0 Å². The van der Waals surface area contributed by atoms with Gasteiger partial charge in [0, 0.05) is 13.5 Å². The van der Waals surface area contributed by atoms with Crippen LogP contribution in [0.5, 0.6) is 0 Å². The van der Waals surface area contributed by atoms with Crippen molar-refractivity contribution in [1.82, 2.24) is 0 Å². The molecule has 35 heavy (non-hydrogen) atoms. The fourth-order valence-corrected chi connectivity index (χ4v) is 4.29. The molecule has 0 aromatic rings. The summed E-state index contributed by atoms with van der Waals surface area (Å²) in [7, 11) is 1.19. The zero-order valence-corrected chi connectivity index (χ0v) is 18.6. The molecule has 13 atom stereocenters. The van der Waals surface area contributed by atoms with Gasteiger partial charge in [-0.1, -0.05) is 0 Å². The van der Waals surface area contributed by atoms with E-state index in [0.717, 1.165) is 0 Å². The maximum absolute atomic E-state index is 12.1. The van der Waals surface area contributed by atoms with Crippen molar-refractivity contribution < 1.29 is 79.2 Å². The van der Waals surface area contributed by atoms with Gasteiger partial charge in [-0.2, -0.15) is 0 Å². The number of carboxylic acids is 1. The number of methoxy groups -OCH3 is 1. The van der Waals surface area contributed by atoms with E-state index in [-0.39, 0.29) is 0 Å². The van der Waals surface area contributed by atoms with Gasteiger partial charge in [0.2, 0.25) is 5.79 Å². The second kappa shape index (κ2) is 11.5. The Balaban J connectivity index is 1.90. The van der Waals surface area contributed by atoms with E-state index in [0.29, 0.717) is 0 Å². The first-order valence-electron chi connectivity index (χ1n) is 10.8. The number of ether oxygens (including phenoxy) is 6. The average molecular weight is 515 g/mol. The monoisotopic (exact) mass is 515 g/mol. The van der Waals surface area contributed by atoms with Crippen LogP contribution in [0.25, 0.3) is 0 Å². The summed E-state index contributed by atoms with van der Waals surface area (Å²) >= 11 is 0.